The minimum absolute atomic E-state index is 0.00942. The number of carbonyl (C=O) groups is 4. The van der Waals surface area contributed by atoms with Crippen molar-refractivity contribution in [3.63, 3.8) is 0 Å². The van der Waals surface area contributed by atoms with Gasteiger partial charge in [-0.05, 0) is 30.0 Å². The van der Waals surface area contributed by atoms with E-state index in [0.717, 1.165) is 0 Å². The average Bonchev–Trinajstić information content (AvgIpc) is 3.37. The van der Waals surface area contributed by atoms with Crippen LogP contribution < -0.4 is 0 Å². The summed E-state index contributed by atoms with van der Waals surface area (Å²) >= 11 is 1.42. The van der Waals surface area contributed by atoms with E-state index in [4.69, 9.17) is 0 Å². The van der Waals surface area contributed by atoms with Crippen molar-refractivity contribution in [3.8, 4) is 0 Å². The van der Waals surface area contributed by atoms with Crippen LogP contribution in [0.2, 0.25) is 0 Å². The van der Waals surface area contributed by atoms with Gasteiger partial charge < -0.3 is 9.80 Å². The van der Waals surface area contributed by atoms with Gasteiger partial charge in [-0.15, -0.1) is 11.3 Å². The molecule has 4 rings (SSSR count). The predicted molar refractivity (Wildman–Crippen MR) is 108 cm³/mol. The fourth-order valence-corrected chi connectivity index (χ4v) is 4.39. The molecule has 8 heteroatoms. The third-order valence-electron chi connectivity index (χ3n) is 5.30. The lowest BCUT2D eigenvalue weighted by Gasteiger charge is -2.34. The molecule has 1 saturated heterocycles. The molecular formula is C21H21N3O4S. The minimum Gasteiger partial charge on any atom is -0.339 e. The number of rotatable bonds is 5. The van der Waals surface area contributed by atoms with Crippen molar-refractivity contribution in [1.29, 1.82) is 0 Å². The highest BCUT2D eigenvalue weighted by atomic mass is 32.1. The van der Waals surface area contributed by atoms with Gasteiger partial charge in [0.2, 0.25) is 5.91 Å². The van der Waals surface area contributed by atoms with E-state index in [9.17, 15) is 19.2 Å². The average molecular weight is 411 g/mol. The summed E-state index contributed by atoms with van der Waals surface area (Å²) in [7, 11) is 0. The predicted octanol–water partition coefficient (Wildman–Crippen LogP) is 2.11. The first-order valence-corrected chi connectivity index (χ1v) is 10.5. The Morgan fingerprint density at radius 2 is 1.48 bits per heavy atom. The van der Waals surface area contributed by atoms with Crippen molar-refractivity contribution in [2.45, 2.75) is 12.8 Å². The molecule has 2 aromatic rings. The minimum atomic E-state index is -0.293. The van der Waals surface area contributed by atoms with Crippen molar-refractivity contribution >= 4 is 35.0 Å². The highest BCUT2D eigenvalue weighted by Gasteiger charge is 2.34. The SMILES string of the molecule is O=C(CCCN1C(=O)c2ccccc2C1=O)N1CCN(C(=O)c2cccs2)CC1. The van der Waals surface area contributed by atoms with Gasteiger partial charge in [0.25, 0.3) is 17.7 Å². The van der Waals surface area contributed by atoms with E-state index in [1.165, 1.54) is 16.2 Å². The maximum atomic E-state index is 12.5. The molecule has 0 unspecified atom stereocenters. The number of hydrogen-bond acceptors (Lipinski definition) is 5. The monoisotopic (exact) mass is 411 g/mol. The van der Waals surface area contributed by atoms with Crippen LogP contribution in [-0.2, 0) is 4.79 Å². The van der Waals surface area contributed by atoms with Crippen LogP contribution in [0.5, 0.6) is 0 Å². The lowest BCUT2D eigenvalue weighted by atomic mass is 10.1. The number of carbonyl (C=O) groups excluding carboxylic acids is 4. The molecular weight excluding hydrogens is 390 g/mol. The van der Waals surface area contributed by atoms with Gasteiger partial charge in [0.05, 0.1) is 16.0 Å². The normalized spacial score (nSPS) is 16.3. The molecule has 0 N–H and O–H groups in total. The lowest BCUT2D eigenvalue weighted by Crippen LogP contribution is -2.50. The molecule has 0 bridgehead atoms. The number of piperazine rings is 1. The summed E-state index contributed by atoms with van der Waals surface area (Å²) < 4.78 is 0. The van der Waals surface area contributed by atoms with E-state index in [0.29, 0.717) is 48.6 Å². The largest absolute Gasteiger partial charge is 0.339 e. The summed E-state index contributed by atoms with van der Waals surface area (Å²) in [6.07, 6.45) is 0.699. The van der Waals surface area contributed by atoms with E-state index in [1.807, 2.05) is 17.5 Å². The molecule has 150 valence electrons. The second-order valence-corrected chi connectivity index (χ2v) is 8.01. The molecule has 29 heavy (non-hydrogen) atoms. The van der Waals surface area contributed by atoms with Crippen LogP contribution in [0, 0.1) is 0 Å². The Kier molecular flexibility index (Phi) is 5.44. The second kappa shape index (κ2) is 8.16. The highest BCUT2D eigenvalue weighted by Crippen LogP contribution is 2.23. The highest BCUT2D eigenvalue weighted by molar-refractivity contribution is 7.12. The number of imide groups is 1. The van der Waals surface area contributed by atoms with Crippen LogP contribution >= 0.6 is 11.3 Å². The van der Waals surface area contributed by atoms with Crippen LogP contribution in [0.3, 0.4) is 0 Å². The van der Waals surface area contributed by atoms with Crippen molar-refractivity contribution < 1.29 is 19.2 Å². The van der Waals surface area contributed by atoms with Crippen molar-refractivity contribution in [3.05, 3.63) is 57.8 Å². The fourth-order valence-electron chi connectivity index (χ4n) is 3.70. The molecule has 1 aromatic carbocycles. The number of amides is 4. The smallest absolute Gasteiger partial charge is 0.264 e. The molecule has 2 aliphatic rings. The Balaban J connectivity index is 1.24. The van der Waals surface area contributed by atoms with Gasteiger partial charge in [0.15, 0.2) is 0 Å². The van der Waals surface area contributed by atoms with Gasteiger partial charge in [-0.3, -0.25) is 24.1 Å². The third kappa shape index (κ3) is 3.80. The first kappa shape index (κ1) is 19.3. The summed E-state index contributed by atoms with van der Waals surface area (Å²) in [5, 5.41) is 1.88. The number of benzene rings is 1. The standard InChI is InChI=1S/C21H21N3O4S/c25-18(22-10-12-23(13-11-22)21(28)17-7-4-14-29-17)8-3-9-24-19(26)15-5-1-2-6-16(15)20(24)27/h1-2,4-7,14H,3,8-13H2. The van der Waals surface area contributed by atoms with E-state index >= 15 is 0 Å². The van der Waals surface area contributed by atoms with E-state index in [1.54, 1.807) is 34.1 Å². The van der Waals surface area contributed by atoms with Gasteiger partial charge in [-0.25, -0.2) is 0 Å². The van der Waals surface area contributed by atoms with Crippen LogP contribution in [0.25, 0.3) is 0 Å². The van der Waals surface area contributed by atoms with Crippen LogP contribution in [0.15, 0.2) is 41.8 Å². The number of nitrogens with zero attached hydrogens (tertiary/aromatic N) is 3. The zero-order valence-corrected chi connectivity index (χ0v) is 16.7. The summed E-state index contributed by atoms with van der Waals surface area (Å²) in [6, 6.07) is 10.4. The molecule has 0 radical (unpaired) electrons. The molecule has 0 atom stereocenters. The maximum absolute atomic E-state index is 12.5. The third-order valence-corrected chi connectivity index (χ3v) is 6.16. The van der Waals surface area contributed by atoms with Crippen LogP contribution in [-0.4, -0.2) is 71.1 Å². The van der Waals surface area contributed by atoms with E-state index in [-0.39, 0.29) is 36.6 Å². The molecule has 0 saturated carbocycles. The van der Waals surface area contributed by atoms with E-state index < -0.39 is 0 Å². The zero-order valence-electron chi connectivity index (χ0n) is 15.9. The number of fused-ring (bicyclic) bond motifs is 1. The second-order valence-electron chi connectivity index (χ2n) is 7.06. The molecule has 7 nitrogen and oxygen atoms in total. The summed E-state index contributed by atoms with van der Waals surface area (Å²) in [5.41, 5.74) is 0.853. The Morgan fingerprint density at radius 1 is 0.862 bits per heavy atom. The molecule has 1 fully saturated rings. The van der Waals surface area contributed by atoms with Crippen LogP contribution in [0.4, 0.5) is 0 Å². The Morgan fingerprint density at radius 3 is 2.07 bits per heavy atom. The van der Waals surface area contributed by atoms with Gasteiger partial charge in [0, 0.05) is 39.1 Å². The Bertz CT molecular complexity index is 914. The van der Waals surface area contributed by atoms with Crippen LogP contribution in [0.1, 0.15) is 43.2 Å². The molecule has 0 aliphatic carbocycles. The summed E-state index contributed by atoms with van der Waals surface area (Å²) in [5.74, 6) is -0.583. The lowest BCUT2D eigenvalue weighted by molar-refractivity contribution is -0.132. The number of thiophene rings is 1. The first-order valence-electron chi connectivity index (χ1n) is 9.62. The topological polar surface area (TPSA) is 78.0 Å². The molecule has 4 amide bonds. The summed E-state index contributed by atoms with van der Waals surface area (Å²) in [6.45, 7) is 2.27. The van der Waals surface area contributed by atoms with Gasteiger partial charge >= 0.3 is 0 Å². The van der Waals surface area contributed by atoms with Crippen molar-refractivity contribution in [2.75, 3.05) is 32.7 Å². The quantitative estimate of drug-likeness (QED) is 0.706. The van der Waals surface area contributed by atoms with Gasteiger partial charge in [0.1, 0.15) is 0 Å². The first-order chi connectivity index (χ1) is 14.1. The fraction of sp³-hybridized carbons (Fsp3) is 0.333. The Labute approximate surface area is 172 Å². The van der Waals surface area contributed by atoms with Crippen molar-refractivity contribution in [1.82, 2.24) is 14.7 Å². The number of hydrogen-bond donors (Lipinski definition) is 0. The summed E-state index contributed by atoms with van der Waals surface area (Å²) in [4.78, 5) is 55.0. The maximum Gasteiger partial charge on any atom is 0.264 e. The Hall–Kier alpha value is -3.00. The molecule has 3 heterocycles. The van der Waals surface area contributed by atoms with E-state index in [2.05, 4.69) is 0 Å². The van der Waals surface area contributed by atoms with Crippen molar-refractivity contribution in [2.24, 2.45) is 0 Å². The zero-order chi connectivity index (χ0) is 20.4. The van der Waals surface area contributed by atoms with Gasteiger partial charge in [-0.2, -0.15) is 0 Å². The van der Waals surface area contributed by atoms with Gasteiger partial charge in [-0.1, -0.05) is 18.2 Å². The molecule has 2 aliphatic heterocycles. The molecule has 0 spiro atoms. The molecule has 1 aromatic heterocycles.